The van der Waals surface area contributed by atoms with Crippen molar-refractivity contribution in [3.05, 3.63) is 59.2 Å². The van der Waals surface area contributed by atoms with Gasteiger partial charge in [-0.05, 0) is 29.8 Å². The summed E-state index contributed by atoms with van der Waals surface area (Å²) in [7, 11) is 0. The van der Waals surface area contributed by atoms with Gasteiger partial charge in [0.05, 0.1) is 18.0 Å². The molecule has 1 heterocycles. The highest BCUT2D eigenvalue weighted by molar-refractivity contribution is 5.95. The number of rotatable bonds is 5. The molecule has 0 aliphatic carbocycles. The molecule has 0 aromatic heterocycles. The first-order chi connectivity index (χ1) is 10.3. The number of para-hydroxylation sites is 1. The van der Waals surface area contributed by atoms with E-state index in [0.717, 1.165) is 24.1 Å². The van der Waals surface area contributed by atoms with Crippen LogP contribution in [0.2, 0.25) is 0 Å². The van der Waals surface area contributed by atoms with Crippen molar-refractivity contribution in [3.63, 3.8) is 0 Å². The van der Waals surface area contributed by atoms with Gasteiger partial charge >= 0.3 is 0 Å². The van der Waals surface area contributed by atoms with Crippen LogP contribution in [0.4, 0.5) is 5.69 Å². The van der Waals surface area contributed by atoms with Crippen LogP contribution in [0.15, 0.2) is 47.5 Å². The number of nitrogens with zero attached hydrogens (tertiary/aromatic N) is 1. The molecule has 1 aliphatic rings. The molecule has 0 unspecified atom stereocenters. The van der Waals surface area contributed by atoms with Crippen LogP contribution in [0.5, 0.6) is 5.75 Å². The molecule has 4 nitrogen and oxygen atoms in total. The Morgan fingerprint density at radius 2 is 2.10 bits per heavy atom. The Bertz CT molecular complexity index is 707. The van der Waals surface area contributed by atoms with Gasteiger partial charge in [-0.1, -0.05) is 18.2 Å². The van der Waals surface area contributed by atoms with Crippen LogP contribution in [0, 0.1) is 0 Å². The standard InChI is InChI=1S/C17H15NO3/c19-9-12-5-6-17(14(7-12)10-20)21-11-15-8-13-3-1-2-4-16(13)18-15/h1-7,9,20H,8,10-11H2. The topological polar surface area (TPSA) is 58.9 Å². The van der Waals surface area contributed by atoms with Gasteiger partial charge in [-0.3, -0.25) is 9.79 Å². The zero-order chi connectivity index (χ0) is 14.7. The maximum absolute atomic E-state index is 10.7. The summed E-state index contributed by atoms with van der Waals surface area (Å²) >= 11 is 0. The molecule has 2 aromatic rings. The summed E-state index contributed by atoms with van der Waals surface area (Å²) in [6.07, 6.45) is 1.54. The molecule has 0 atom stereocenters. The third-order valence-corrected chi connectivity index (χ3v) is 3.45. The molecule has 3 rings (SSSR count). The first kappa shape index (κ1) is 13.5. The molecule has 0 fully saturated rings. The Hall–Kier alpha value is -2.46. The van der Waals surface area contributed by atoms with Crippen LogP contribution < -0.4 is 4.74 Å². The van der Waals surface area contributed by atoms with Crippen molar-refractivity contribution in [3.8, 4) is 5.75 Å². The summed E-state index contributed by atoms with van der Waals surface area (Å²) in [6, 6.07) is 13.0. The van der Waals surface area contributed by atoms with Crippen LogP contribution in [0.1, 0.15) is 21.5 Å². The minimum Gasteiger partial charge on any atom is -0.487 e. The Morgan fingerprint density at radius 3 is 2.86 bits per heavy atom. The molecule has 4 heteroatoms. The molecule has 21 heavy (non-hydrogen) atoms. The van der Waals surface area contributed by atoms with E-state index in [1.807, 2.05) is 18.2 Å². The number of benzene rings is 2. The summed E-state index contributed by atoms with van der Waals surface area (Å²) in [5.74, 6) is 0.585. The van der Waals surface area contributed by atoms with Crippen molar-refractivity contribution in [2.45, 2.75) is 13.0 Å². The zero-order valence-corrected chi connectivity index (χ0v) is 11.5. The Kier molecular flexibility index (Phi) is 3.79. The molecule has 2 aromatic carbocycles. The molecule has 0 saturated carbocycles. The van der Waals surface area contributed by atoms with Crippen LogP contribution >= 0.6 is 0 Å². The predicted molar refractivity (Wildman–Crippen MR) is 80.5 cm³/mol. The lowest BCUT2D eigenvalue weighted by Crippen LogP contribution is -2.12. The van der Waals surface area contributed by atoms with Gasteiger partial charge < -0.3 is 9.84 Å². The summed E-state index contributed by atoms with van der Waals surface area (Å²) in [6.45, 7) is 0.214. The van der Waals surface area contributed by atoms with Gasteiger partial charge in [0.15, 0.2) is 0 Å². The van der Waals surface area contributed by atoms with Crippen LogP contribution in [0.25, 0.3) is 0 Å². The van der Waals surface area contributed by atoms with E-state index in [1.165, 1.54) is 5.56 Å². The number of aliphatic imine (C=N–C) groups is 1. The summed E-state index contributed by atoms with van der Waals surface area (Å²) in [5.41, 5.74) is 4.29. The summed E-state index contributed by atoms with van der Waals surface area (Å²) in [5, 5.41) is 9.35. The number of carbonyl (C=O) groups excluding carboxylic acids is 1. The highest BCUT2D eigenvalue weighted by Gasteiger charge is 2.14. The van der Waals surface area contributed by atoms with Gasteiger partial charge in [0.25, 0.3) is 0 Å². The lowest BCUT2D eigenvalue weighted by Gasteiger charge is -2.10. The number of fused-ring (bicyclic) bond motifs is 1. The minimum atomic E-state index is -0.163. The quantitative estimate of drug-likeness (QED) is 0.857. The number of carbonyl (C=O) groups is 1. The van der Waals surface area contributed by atoms with Gasteiger partial charge in [-0.2, -0.15) is 0 Å². The minimum absolute atomic E-state index is 0.163. The highest BCUT2D eigenvalue weighted by Crippen LogP contribution is 2.26. The average molecular weight is 281 g/mol. The van der Waals surface area contributed by atoms with Gasteiger partial charge in [0.1, 0.15) is 18.6 Å². The van der Waals surface area contributed by atoms with Crippen molar-refractivity contribution in [2.24, 2.45) is 4.99 Å². The molecule has 0 spiro atoms. The molecule has 0 bridgehead atoms. The van der Waals surface area contributed by atoms with E-state index >= 15 is 0 Å². The Labute approximate surface area is 122 Å². The number of ether oxygens (including phenoxy) is 1. The largest absolute Gasteiger partial charge is 0.487 e. The van der Waals surface area contributed by atoms with Gasteiger partial charge in [0, 0.05) is 17.5 Å². The Balaban J connectivity index is 1.71. The molecule has 1 N–H and O–H groups in total. The predicted octanol–water partition coefficient (Wildman–Crippen LogP) is 2.70. The molecule has 106 valence electrons. The van der Waals surface area contributed by atoms with Gasteiger partial charge in [-0.25, -0.2) is 0 Å². The molecule has 0 amide bonds. The first-order valence-corrected chi connectivity index (χ1v) is 6.76. The first-order valence-electron chi connectivity index (χ1n) is 6.76. The van der Waals surface area contributed by atoms with Gasteiger partial charge in [0.2, 0.25) is 0 Å². The second kappa shape index (κ2) is 5.89. The molecular formula is C17H15NO3. The molecule has 0 radical (unpaired) electrons. The molecular weight excluding hydrogens is 266 g/mol. The lowest BCUT2D eigenvalue weighted by molar-refractivity contribution is 0.112. The average Bonchev–Trinajstić information content (AvgIpc) is 2.95. The molecule has 1 aliphatic heterocycles. The van der Waals surface area contributed by atoms with Crippen molar-refractivity contribution in [2.75, 3.05) is 6.61 Å². The third-order valence-electron chi connectivity index (χ3n) is 3.45. The fourth-order valence-corrected chi connectivity index (χ4v) is 2.38. The van der Waals surface area contributed by atoms with E-state index in [9.17, 15) is 9.90 Å². The van der Waals surface area contributed by atoms with E-state index in [2.05, 4.69) is 11.1 Å². The van der Waals surface area contributed by atoms with Crippen LogP contribution in [-0.4, -0.2) is 23.7 Å². The zero-order valence-electron chi connectivity index (χ0n) is 11.5. The summed E-state index contributed by atoms with van der Waals surface area (Å²) in [4.78, 5) is 15.3. The number of aliphatic hydroxyl groups excluding tert-OH is 1. The number of aliphatic hydroxyl groups is 1. The normalized spacial score (nSPS) is 12.7. The van der Waals surface area contributed by atoms with E-state index in [-0.39, 0.29) is 6.61 Å². The van der Waals surface area contributed by atoms with Crippen LogP contribution in [0.3, 0.4) is 0 Å². The SMILES string of the molecule is O=Cc1ccc(OCC2=Nc3ccccc3C2)c(CO)c1. The Morgan fingerprint density at radius 1 is 1.24 bits per heavy atom. The maximum atomic E-state index is 10.7. The maximum Gasteiger partial charge on any atom is 0.150 e. The highest BCUT2D eigenvalue weighted by atomic mass is 16.5. The third kappa shape index (κ3) is 2.85. The number of hydrogen-bond acceptors (Lipinski definition) is 4. The lowest BCUT2D eigenvalue weighted by atomic mass is 10.1. The van der Waals surface area contributed by atoms with Crippen LogP contribution in [-0.2, 0) is 13.0 Å². The number of hydrogen-bond donors (Lipinski definition) is 1. The monoisotopic (exact) mass is 281 g/mol. The second-order valence-corrected chi connectivity index (χ2v) is 4.92. The van der Waals surface area contributed by atoms with E-state index in [4.69, 9.17) is 4.74 Å². The van der Waals surface area contributed by atoms with E-state index in [1.54, 1.807) is 18.2 Å². The second-order valence-electron chi connectivity index (χ2n) is 4.92. The van der Waals surface area contributed by atoms with Crippen molar-refractivity contribution in [1.82, 2.24) is 0 Å². The van der Waals surface area contributed by atoms with E-state index < -0.39 is 0 Å². The molecule has 0 saturated heterocycles. The number of aldehydes is 1. The smallest absolute Gasteiger partial charge is 0.150 e. The van der Waals surface area contributed by atoms with Gasteiger partial charge in [-0.15, -0.1) is 0 Å². The fourth-order valence-electron chi connectivity index (χ4n) is 2.38. The van der Waals surface area contributed by atoms with Crippen molar-refractivity contribution in [1.29, 1.82) is 0 Å². The fraction of sp³-hybridized carbons (Fsp3) is 0.176. The van der Waals surface area contributed by atoms with Crippen molar-refractivity contribution >= 4 is 17.7 Å². The summed E-state index contributed by atoms with van der Waals surface area (Å²) < 4.78 is 5.74. The van der Waals surface area contributed by atoms with Crippen molar-refractivity contribution < 1.29 is 14.6 Å². The van der Waals surface area contributed by atoms with E-state index in [0.29, 0.717) is 23.5 Å².